The maximum atomic E-state index is 15.0. The van der Waals surface area contributed by atoms with Crippen molar-refractivity contribution in [3.05, 3.63) is 59.2 Å². The summed E-state index contributed by atoms with van der Waals surface area (Å²) in [5.41, 5.74) is -0.142. The van der Waals surface area contributed by atoms with Crippen molar-refractivity contribution in [1.82, 2.24) is 0 Å². The minimum Gasteiger partial charge on any atom is -0.385 e. The Kier molecular flexibility index (Phi) is 5.42. The van der Waals surface area contributed by atoms with Crippen molar-refractivity contribution in [2.24, 2.45) is 0 Å². The molecule has 0 saturated carbocycles. The molecule has 1 N–H and O–H groups in total. The number of hydrogen-bond acceptors (Lipinski definition) is 3. The quantitative estimate of drug-likeness (QED) is 0.774. The molecule has 1 saturated heterocycles. The lowest BCUT2D eigenvalue weighted by molar-refractivity contribution is -0.0702. The first-order valence-electron chi connectivity index (χ1n) is 8.77. The standard InChI is InChI=1S/C21H24F2O2S/c1-20(2,3)14-4-6-16(7-5-14)26-18-13-15(22)12-17(19(18)23)21(24)8-10-25-11-9-21/h4-7,12-13,24H,8-11H2,1-3H3. The lowest BCUT2D eigenvalue weighted by Gasteiger charge is -2.33. The van der Waals surface area contributed by atoms with Crippen LogP contribution in [0.4, 0.5) is 8.78 Å². The molecule has 1 aliphatic rings. The monoisotopic (exact) mass is 378 g/mol. The van der Waals surface area contributed by atoms with Gasteiger partial charge in [-0.2, -0.15) is 0 Å². The molecule has 0 amide bonds. The zero-order chi connectivity index (χ0) is 18.9. The van der Waals surface area contributed by atoms with Crippen molar-refractivity contribution < 1.29 is 18.6 Å². The first kappa shape index (κ1) is 19.3. The van der Waals surface area contributed by atoms with E-state index < -0.39 is 17.2 Å². The molecule has 2 nitrogen and oxygen atoms in total. The van der Waals surface area contributed by atoms with E-state index in [0.29, 0.717) is 13.2 Å². The van der Waals surface area contributed by atoms with E-state index in [4.69, 9.17) is 4.74 Å². The van der Waals surface area contributed by atoms with Gasteiger partial charge in [0, 0.05) is 36.5 Å². The summed E-state index contributed by atoms with van der Waals surface area (Å²) in [7, 11) is 0. The molecule has 1 aliphatic heterocycles. The van der Waals surface area contributed by atoms with E-state index in [1.807, 2.05) is 24.3 Å². The van der Waals surface area contributed by atoms with Crippen LogP contribution in [0, 0.1) is 11.6 Å². The Morgan fingerprint density at radius 1 is 1.04 bits per heavy atom. The van der Waals surface area contributed by atoms with Crippen molar-refractivity contribution in [1.29, 1.82) is 0 Å². The van der Waals surface area contributed by atoms with Crippen molar-refractivity contribution in [2.45, 2.75) is 54.4 Å². The van der Waals surface area contributed by atoms with E-state index in [1.54, 1.807) is 0 Å². The molecule has 0 unspecified atom stereocenters. The van der Waals surface area contributed by atoms with E-state index in [2.05, 4.69) is 20.8 Å². The summed E-state index contributed by atoms with van der Waals surface area (Å²) in [5.74, 6) is -1.10. The Bertz CT molecular complexity index is 776. The van der Waals surface area contributed by atoms with Gasteiger partial charge in [0.05, 0.1) is 10.5 Å². The third-order valence-corrected chi connectivity index (χ3v) is 5.80. The lowest BCUT2D eigenvalue weighted by Crippen LogP contribution is -2.34. The Balaban J connectivity index is 1.91. The summed E-state index contributed by atoms with van der Waals surface area (Å²) >= 11 is 1.17. The van der Waals surface area contributed by atoms with Gasteiger partial charge >= 0.3 is 0 Å². The number of benzene rings is 2. The molecule has 3 rings (SSSR count). The fourth-order valence-electron chi connectivity index (χ4n) is 3.11. The van der Waals surface area contributed by atoms with Crippen molar-refractivity contribution in [2.75, 3.05) is 13.2 Å². The zero-order valence-corrected chi connectivity index (χ0v) is 16.1. The third kappa shape index (κ3) is 4.11. The number of halogens is 2. The van der Waals surface area contributed by atoms with Gasteiger partial charge in [-0.15, -0.1) is 0 Å². The van der Waals surface area contributed by atoms with E-state index in [0.717, 1.165) is 11.0 Å². The second kappa shape index (κ2) is 7.29. The number of ether oxygens (including phenoxy) is 1. The van der Waals surface area contributed by atoms with Crippen LogP contribution in [-0.2, 0) is 15.8 Å². The smallest absolute Gasteiger partial charge is 0.143 e. The molecule has 0 atom stereocenters. The van der Waals surface area contributed by atoms with E-state index in [9.17, 15) is 9.50 Å². The average Bonchev–Trinajstić information content (AvgIpc) is 2.58. The Hall–Kier alpha value is -1.43. The Morgan fingerprint density at radius 2 is 1.65 bits per heavy atom. The van der Waals surface area contributed by atoms with Crippen LogP contribution < -0.4 is 0 Å². The van der Waals surface area contributed by atoms with Gasteiger partial charge in [0.2, 0.25) is 0 Å². The number of rotatable bonds is 3. The molecular weight excluding hydrogens is 354 g/mol. The van der Waals surface area contributed by atoms with Crippen LogP contribution in [0.1, 0.15) is 44.7 Å². The van der Waals surface area contributed by atoms with Gasteiger partial charge in [-0.25, -0.2) is 8.78 Å². The van der Waals surface area contributed by atoms with Gasteiger partial charge in [0.15, 0.2) is 0 Å². The number of hydrogen-bond donors (Lipinski definition) is 1. The number of aliphatic hydroxyl groups is 1. The van der Waals surface area contributed by atoms with Crippen LogP contribution in [0.3, 0.4) is 0 Å². The molecule has 0 aliphatic carbocycles. The van der Waals surface area contributed by atoms with Crippen molar-refractivity contribution in [3.63, 3.8) is 0 Å². The average molecular weight is 378 g/mol. The summed E-state index contributed by atoms with van der Waals surface area (Å²) in [6.45, 7) is 7.05. The fourth-order valence-corrected chi connectivity index (χ4v) is 4.00. The Labute approximate surface area is 157 Å². The summed E-state index contributed by atoms with van der Waals surface area (Å²) < 4.78 is 34.4. The summed E-state index contributed by atoms with van der Waals surface area (Å²) in [4.78, 5) is 1.01. The highest BCUT2D eigenvalue weighted by Crippen LogP contribution is 2.39. The van der Waals surface area contributed by atoms with Gasteiger partial charge in [-0.1, -0.05) is 44.7 Å². The van der Waals surface area contributed by atoms with Crippen LogP contribution >= 0.6 is 11.8 Å². The molecule has 1 fully saturated rings. The van der Waals surface area contributed by atoms with E-state index in [-0.39, 0.29) is 28.7 Å². The largest absolute Gasteiger partial charge is 0.385 e. The molecule has 0 spiro atoms. The van der Waals surface area contributed by atoms with Crippen LogP contribution in [0.25, 0.3) is 0 Å². The predicted octanol–water partition coefficient (Wildman–Crippen LogP) is 5.41. The third-order valence-electron chi connectivity index (χ3n) is 4.77. The summed E-state index contributed by atoms with van der Waals surface area (Å²) in [6, 6.07) is 10.1. The predicted molar refractivity (Wildman–Crippen MR) is 99.6 cm³/mol. The minimum atomic E-state index is -1.38. The van der Waals surface area contributed by atoms with Crippen molar-refractivity contribution >= 4 is 11.8 Å². The second-order valence-corrected chi connectivity index (χ2v) is 8.90. The highest BCUT2D eigenvalue weighted by Gasteiger charge is 2.35. The van der Waals surface area contributed by atoms with Crippen LogP contribution in [0.5, 0.6) is 0 Å². The molecular formula is C21H24F2O2S. The fraction of sp³-hybridized carbons (Fsp3) is 0.429. The molecule has 26 heavy (non-hydrogen) atoms. The normalized spacial score (nSPS) is 17.3. The van der Waals surface area contributed by atoms with E-state index >= 15 is 4.39 Å². The van der Waals surface area contributed by atoms with Gasteiger partial charge in [0.1, 0.15) is 11.6 Å². The van der Waals surface area contributed by atoms with Crippen molar-refractivity contribution in [3.8, 4) is 0 Å². The molecule has 5 heteroatoms. The van der Waals surface area contributed by atoms with Crippen LogP contribution in [0.2, 0.25) is 0 Å². The molecule has 2 aromatic carbocycles. The minimum absolute atomic E-state index is 0.0228. The maximum absolute atomic E-state index is 15.0. The van der Waals surface area contributed by atoms with Gasteiger partial charge in [-0.3, -0.25) is 0 Å². The van der Waals surface area contributed by atoms with Gasteiger partial charge in [-0.05, 0) is 35.2 Å². The summed E-state index contributed by atoms with van der Waals surface area (Å²) in [6.07, 6.45) is 0.523. The second-order valence-electron chi connectivity index (χ2n) is 7.79. The van der Waals surface area contributed by atoms with E-state index in [1.165, 1.54) is 23.4 Å². The highest BCUT2D eigenvalue weighted by atomic mass is 32.2. The Morgan fingerprint density at radius 3 is 2.23 bits per heavy atom. The molecule has 0 aromatic heterocycles. The van der Waals surface area contributed by atoms with Gasteiger partial charge in [0.25, 0.3) is 0 Å². The first-order chi connectivity index (χ1) is 12.2. The maximum Gasteiger partial charge on any atom is 0.143 e. The van der Waals surface area contributed by atoms with Gasteiger partial charge < -0.3 is 9.84 Å². The topological polar surface area (TPSA) is 29.5 Å². The molecule has 140 valence electrons. The molecule has 2 aromatic rings. The zero-order valence-electron chi connectivity index (χ0n) is 15.3. The molecule has 1 heterocycles. The molecule has 0 radical (unpaired) electrons. The lowest BCUT2D eigenvalue weighted by atomic mass is 9.86. The SMILES string of the molecule is CC(C)(C)c1ccc(Sc2cc(F)cc(C3(O)CCOCC3)c2F)cc1. The van der Waals surface area contributed by atoms with Crippen LogP contribution in [0.15, 0.2) is 46.2 Å². The first-order valence-corrected chi connectivity index (χ1v) is 9.59. The summed E-state index contributed by atoms with van der Waals surface area (Å²) in [5, 5.41) is 10.8. The molecule has 0 bridgehead atoms. The van der Waals surface area contributed by atoms with Crippen LogP contribution in [-0.4, -0.2) is 18.3 Å². The highest BCUT2D eigenvalue weighted by molar-refractivity contribution is 7.99.